The highest BCUT2D eigenvalue weighted by molar-refractivity contribution is 6.21. The van der Waals surface area contributed by atoms with Gasteiger partial charge in [0.25, 0.3) is 0 Å². The molecule has 8 aromatic rings. The zero-order chi connectivity index (χ0) is 30.2. The molecular formula is C40H28N4. The number of fused-ring (bicyclic) bond motifs is 8. The third-order valence-corrected chi connectivity index (χ3v) is 8.93. The Morgan fingerprint density at radius 1 is 0.545 bits per heavy atom. The van der Waals surface area contributed by atoms with E-state index in [9.17, 15) is 10.5 Å². The molecule has 2 aromatic heterocycles. The lowest BCUT2D eigenvalue weighted by atomic mass is 9.86. The van der Waals surface area contributed by atoms with Gasteiger partial charge in [0, 0.05) is 27.2 Å². The van der Waals surface area contributed by atoms with Crippen LogP contribution in [0.4, 0.5) is 0 Å². The number of hydrogen-bond donors (Lipinski definition) is 0. The molecule has 0 aliphatic rings. The molecule has 2 heterocycles. The van der Waals surface area contributed by atoms with Crippen molar-refractivity contribution in [1.29, 1.82) is 10.5 Å². The van der Waals surface area contributed by atoms with Crippen molar-refractivity contribution < 1.29 is 0 Å². The minimum atomic E-state index is -0.0146. The van der Waals surface area contributed by atoms with Crippen LogP contribution in [0, 0.1) is 22.7 Å². The highest BCUT2D eigenvalue weighted by Crippen LogP contribution is 2.41. The molecule has 0 saturated carbocycles. The van der Waals surface area contributed by atoms with Gasteiger partial charge in [0.2, 0.25) is 0 Å². The van der Waals surface area contributed by atoms with Crippen molar-refractivity contribution in [2.24, 2.45) is 0 Å². The van der Waals surface area contributed by atoms with Gasteiger partial charge in [-0.05, 0) is 64.2 Å². The van der Waals surface area contributed by atoms with E-state index in [1.54, 1.807) is 0 Å². The van der Waals surface area contributed by atoms with E-state index in [4.69, 9.17) is 0 Å². The van der Waals surface area contributed by atoms with Crippen LogP contribution in [-0.4, -0.2) is 9.13 Å². The average molecular weight is 565 g/mol. The summed E-state index contributed by atoms with van der Waals surface area (Å²) in [6, 6.07) is 44.7. The van der Waals surface area contributed by atoms with Gasteiger partial charge >= 0.3 is 0 Å². The number of aromatic nitrogens is 2. The first-order valence-corrected chi connectivity index (χ1v) is 14.8. The van der Waals surface area contributed by atoms with Crippen LogP contribution in [0.1, 0.15) is 37.5 Å². The molecule has 0 saturated heterocycles. The fourth-order valence-corrected chi connectivity index (χ4v) is 6.84. The lowest BCUT2D eigenvalue weighted by molar-refractivity contribution is 0.591. The van der Waals surface area contributed by atoms with Crippen LogP contribution in [0.25, 0.3) is 65.8 Å². The first-order chi connectivity index (χ1) is 21.4. The summed E-state index contributed by atoms with van der Waals surface area (Å²) in [6.45, 7) is 6.72. The van der Waals surface area contributed by atoms with E-state index in [2.05, 4.69) is 127 Å². The van der Waals surface area contributed by atoms with Crippen LogP contribution in [0.15, 0.2) is 115 Å². The lowest BCUT2D eigenvalue weighted by Gasteiger charge is -2.19. The fourth-order valence-electron chi connectivity index (χ4n) is 6.84. The maximum absolute atomic E-state index is 10.4. The van der Waals surface area contributed by atoms with Crippen LogP contribution in [-0.2, 0) is 5.41 Å². The second-order valence-electron chi connectivity index (χ2n) is 12.5. The normalized spacial score (nSPS) is 11.9. The molecule has 4 nitrogen and oxygen atoms in total. The Hall–Kier alpha value is -5.84. The second kappa shape index (κ2) is 9.33. The second-order valence-corrected chi connectivity index (χ2v) is 12.5. The summed E-state index contributed by atoms with van der Waals surface area (Å²) in [5, 5.41) is 27.8. The van der Waals surface area contributed by atoms with Gasteiger partial charge in [-0.2, -0.15) is 10.5 Å². The predicted molar refractivity (Wildman–Crippen MR) is 181 cm³/mol. The van der Waals surface area contributed by atoms with E-state index in [0.717, 1.165) is 38.5 Å². The molecule has 4 heteroatoms. The van der Waals surface area contributed by atoms with E-state index >= 15 is 0 Å². The highest BCUT2D eigenvalue weighted by atomic mass is 15.0. The maximum atomic E-state index is 10.4. The molecule has 0 spiro atoms. The Labute approximate surface area is 255 Å². The van der Waals surface area contributed by atoms with Crippen molar-refractivity contribution in [3.05, 3.63) is 132 Å². The van der Waals surface area contributed by atoms with Gasteiger partial charge in [0.1, 0.15) is 12.1 Å². The van der Waals surface area contributed by atoms with E-state index in [0.29, 0.717) is 16.8 Å². The summed E-state index contributed by atoms with van der Waals surface area (Å²) < 4.78 is 4.39. The maximum Gasteiger partial charge on any atom is 0.103 e. The number of rotatable bonds is 2. The Morgan fingerprint density at radius 2 is 1.16 bits per heavy atom. The van der Waals surface area contributed by atoms with Gasteiger partial charge < -0.3 is 9.13 Å². The van der Waals surface area contributed by atoms with Crippen molar-refractivity contribution in [2.45, 2.75) is 26.2 Å². The molecule has 208 valence electrons. The van der Waals surface area contributed by atoms with Crippen molar-refractivity contribution in [2.75, 3.05) is 0 Å². The van der Waals surface area contributed by atoms with Gasteiger partial charge in [0.05, 0.1) is 38.9 Å². The average Bonchev–Trinajstić information content (AvgIpc) is 3.56. The number of nitrogens with zero attached hydrogens (tertiary/aromatic N) is 4. The van der Waals surface area contributed by atoms with Crippen molar-refractivity contribution in [3.63, 3.8) is 0 Å². The Morgan fingerprint density at radius 3 is 1.82 bits per heavy atom. The van der Waals surface area contributed by atoms with Crippen molar-refractivity contribution >= 4 is 54.4 Å². The molecule has 0 unspecified atom stereocenters. The van der Waals surface area contributed by atoms with Gasteiger partial charge in [0.15, 0.2) is 0 Å². The smallest absolute Gasteiger partial charge is 0.103 e. The molecule has 0 bridgehead atoms. The standard InChI is InChI=1S/C40H28N4/c1-40(2,3)27-17-19-36-32(21-27)39-29-11-5-4-10-25(29)16-18-37(39)43(36)28-20-26(23-41)33(24-42)38(22-28)44-34-14-8-6-12-30(34)31-13-7-9-15-35(31)44/h4-22H,1-3H3. The monoisotopic (exact) mass is 564 g/mol. The van der Waals surface area contributed by atoms with Gasteiger partial charge in [-0.25, -0.2) is 0 Å². The molecule has 0 atom stereocenters. The summed E-state index contributed by atoms with van der Waals surface area (Å²) in [5.41, 5.74) is 7.62. The zero-order valence-electron chi connectivity index (χ0n) is 24.8. The van der Waals surface area contributed by atoms with Crippen LogP contribution in [0.3, 0.4) is 0 Å². The Kier molecular flexibility index (Phi) is 5.48. The molecule has 6 aromatic carbocycles. The summed E-state index contributed by atoms with van der Waals surface area (Å²) in [6.07, 6.45) is 0. The topological polar surface area (TPSA) is 57.4 Å². The van der Waals surface area contributed by atoms with Gasteiger partial charge in [-0.1, -0.05) is 93.6 Å². The first kappa shape index (κ1) is 25.8. The zero-order valence-corrected chi connectivity index (χ0v) is 24.8. The largest absolute Gasteiger partial charge is 0.309 e. The Balaban J connectivity index is 1.54. The van der Waals surface area contributed by atoms with Crippen molar-refractivity contribution in [3.8, 4) is 23.5 Å². The number of para-hydroxylation sites is 2. The molecule has 0 fully saturated rings. The molecule has 0 aliphatic carbocycles. The quantitative estimate of drug-likeness (QED) is 0.210. The first-order valence-electron chi connectivity index (χ1n) is 14.8. The molecule has 0 N–H and O–H groups in total. The van der Waals surface area contributed by atoms with E-state index in [1.165, 1.54) is 27.1 Å². The minimum Gasteiger partial charge on any atom is -0.309 e. The highest BCUT2D eigenvalue weighted by Gasteiger charge is 2.23. The number of benzene rings is 6. The van der Waals surface area contributed by atoms with Gasteiger partial charge in [-0.3, -0.25) is 0 Å². The number of nitriles is 2. The third kappa shape index (κ3) is 3.62. The molecule has 44 heavy (non-hydrogen) atoms. The molecule has 0 radical (unpaired) electrons. The van der Waals surface area contributed by atoms with Crippen LogP contribution in [0.2, 0.25) is 0 Å². The summed E-state index contributed by atoms with van der Waals surface area (Å²) >= 11 is 0. The SMILES string of the molecule is CC(C)(C)c1ccc2c(c1)c1c3ccccc3ccc1n2-c1cc(C#N)c(C#N)c(-n2c3ccccc3c3ccccc32)c1. The lowest BCUT2D eigenvalue weighted by Crippen LogP contribution is -2.10. The molecular weight excluding hydrogens is 536 g/mol. The number of hydrogen-bond acceptors (Lipinski definition) is 2. The van der Waals surface area contributed by atoms with Crippen LogP contribution < -0.4 is 0 Å². The van der Waals surface area contributed by atoms with E-state index in [-0.39, 0.29) is 5.41 Å². The van der Waals surface area contributed by atoms with Crippen LogP contribution >= 0.6 is 0 Å². The molecule has 0 aliphatic heterocycles. The van der Waals surface area contributed by atoms with Crippen LogP contribution in [0.5, 0.6) is 0 Å². The summed E-state index contributed by atoms with van der Waals surface area (Å²) in [7, 11) is 0. The molecule has 8 rings (SSSR count). The minimum absolute atomic E-state index is 0.0146. The fraction of sp³-hybridized carbons (Fsp3) is 0.100. The van der Waals surface area contributed by atoms with Crippen molar-refractivity contribution in [1.82, 2.24) is 9.13 Å². The van der Waals surface area contributed by atoms with E-state index in [1.807, 2.05) is 30.3 Å². The summed E-state index contributed by atoms with van der Waals surface area (Å²) in [4.78, 5) is 0. The van der Waals surface area contributed by atoms with E-state index < -0.39 is 0 Å². The predicted octanol–water partition coefficient (Wildman–Crippen LogP) is 10.1. The molecule has 0 amide bonds. The third-order valence-electron chi connectivity index (χ3n) is 8.93. The van der Waals surface area contributed by atoms with Gasteiger partial charge in [-0.15, -0.1) is 0 Å². The summed E-state index contributed by atoms with van der Waals surface area (Å²) in [5.74, 6) is 0. The Bertz CT molecular complexity index is 2500.